The number of aromatic carboxylic acids is 2. The molecular formula is C14H6N4O4RuS2. The molecular weight excluding hydrogens is 453 g/mol. The van der Waals surface area contributed by atoms with Gasteiger partial charge < -0.3 is 45.1 Å². The molecule has 0 saturated heterocycles. The van der Waals surface area contributed by atoms with Crippen LogP contribution in [0, 0.1) is 21.3 Å². The summed E-state index contributed by atoms with van der Waals surface area (Å²) in [5.41, 5.74) is 0.390. The van der Waals surface area contributed by atoms with Crippen LogP contribution in [0.5, 0.6) is 0 Å². The van der Waals surface area contributed by atoms with Crippen molar-refractivity contribution in [3.05, 3.63) is 47.8 Å². The number of carboxylic acids is 2. The maximum Gasteiger partial charge on any atom is 4.00 e. The average molecular weight is 459 g/mol. The minimum atomic E-state index is -1.34. The Bertz CT molecular complexity index is 738. The van der Waals surface area contributed by atoms with Gasteiger partial charge in [0.05, 0.1) is 23.3 Å². The van der Waals surface area contributed by atoms with E-state index in [0.717, 1.165) is 0 Å². The first-order valence-corrected chi connectivity index (χ1v) is 6.60. The minimum Gasteiger partial charge on any atom is -0.696 e. The summed E-state index contributed by atoms with van der Waals surface area (Å²) in [6.07, 6.45) is 2.57. The van der Waals surface area contributed by atoms with E-state index in [1.165, 1.54) is 47.5 Å². The van der Waals surface area contributed by atoms with Crippen LogP contribution >= 0.6 is 0 Å². The SMILES string of the molecule is N#C[S-].N#C[S-].O=C([O-])c1ccnc(-c2cc(C(=O)[O-])ccn2)c1.[Ru+4]. The summed E-state index contributed by atoms with van der Waals surface area (Å²) in [6, 6.07) is 5.08. The maximum absolute atomic E-state index is 10.7. The third-order valence-corrected chi connectivity index (χ3v) is 2.25. The Labute approximate surface area is 166 Å². The van der Waals surface area contributed by atoms with Gasteiger partial charge in [-0.1, -0.05) is 10.8 Å². The second-order valence-corrected chi connectivity index (χ2v) is 3.98. The summed E-state index contributed by atoms with van der Waals surface area (Å²) in [6.45, 7) is 0. The van der Waals surface area contributed by atoms with E-state index in [9.17, 15) is 19.8 Å². The molecule has 0 bridgehead atoms. The van der Waals surface area contributed by atoms with E-state index in [0.29, 0.717) is 0 Å². The van der Waals surface area contributed by atoms with Crippen molar-refractivity contribution in [1.82, 2.24) is 9.97 Å². The molecule has 25 heavy (non-hydrogen) atoms. The number of nitriles is 2. The van der Waals surface area contributed by atoms with Gasteiger partial charge in [-0.25, -0.2) is 10.5 Å². The number of nitrogens with zero attached hydrogens (tertiary/aromatic N) is 4. The molecule has 0 aliphatic rings. The van der Waals surface area contributed by atoms with Gasteiger partial charge in [-0.2, -0.15) is 0 Å². The molecule has 0 unspecified atom stereocenters. The van der Waals surface area contributed by atoms with Crippen molar-refractivity contribution < 1.29 is 39.3 Å². The molecule has 2 aromatic heterocycles. The zero-order valence-corrected chi connectivity index (χ0v) is 15.4. The van der Waals surface area contributed by atoms with Gasteiger partial charge in [0, 0.05) is 23.5 Å². The summed E-state index contributed by atoms with van der Waals surface area (Å²) in [5.74, 6) is -2.68. The van der Waals surface area contributed by atoms with E-state index in [1.807, 2.05) is 0 Å². The van der Waals surface area contributed by atoms with Crippen molar-refractivity contribution in [3.8, 4) is 22.2 Å². The molecule has 2 aromatic rings. The van der Waals surface area contributed by atoms with Crippen molar-refractivity contribution in [2.45, 2.75) is 0 Å². The van der Waals surface area contributed by atoms with E-state index in [1.54, 1.807) is 0 Å². The predicted molar refractivity (Wildman–Crippen MR) is 82.1 cm³/mol. The van der Waals surface area contributed by atoms with Gasteiger partial charge in [0.1, 0.15) is 0 Å². The van der Waals surface area contributed by atoms with E-state index >= 15 is 0 Å². The van der Waals surface area contributed by atoms with Crippen molar-refractivity contribution in [2.75, 3.05) is 0 Å². The number of aromatic nitrogens is 2. The zero-order valence-electron chi connectivity index (χ0n) is 12.1. The molecule has 0 aliphatic carbocycles. The molecule has 0 spiro atoms. The van der Waals surface area contributed by atoms with Crippen LogP contribution in [-0.4, -0.2) is 21.9 Å². The number of pyridine rings is 2. The number of carboxylic acid groups (broad SMARTS) is 2. The molecule has 0 saturated carbocycles. The van der Waals surface area contributed by atoms with Gasteiger partial charge in [-0.15, -0.1) is 0 Å². The fourth-order valence-corrected chi connectivity index (χ4v) is 1.40. The smallest absolute Gasteiger partial charge is 0.696 e. The number of hydrogen-bond donors (Lipinski definition) is 0. The van der Waals surface area contributed by atoms with Crippen molar-refractivity contribution in [3.63, 3.8) is 0 Å². The molecule has 8 nitrogen and oxygen atoms in total. The standard InChI is InChI=1S/C12H8N2O4.2CHNS.Ru/c15-11(16)7-1-3-13-9(5-7)10-6-8(12(17)18)2-4-14-10;2*2-1-3;/h1-6H,(H,15,16)(H,17,18);2*3H;/q;;;+4/p-4. The Morgan fingerprint density at radius 1 is 0.880 bits per heavy atom. The van der Waals surface area contributed by atoms with Crippen LogP contribution in [0.15, 0.2) is 36.7 Å². The first-order chi connectivity index (χ1) is 11.4. The second-order valence-electron chi connectivity index (χ2n) is 3.62. The third kappa shape index (κ3) is 9.23. The molecule has 0 N–H and O–H groups in total. The summed E-state index contributed by atoms with van der Waals surface area (Å²) in [4.78, 5) is 29.2. The Morgan fingerprint density at radius 3 is 1.40 bits per heavy atom. The van der Waals surface area contributed by atoms with E-state index in [4.69, 9.17) is 10.5 Å². The quantitative estimate of drug-likeness (QED) is 0.314. The number of rotatable bonds is 3. The van der Waals surface area contributed by atoms with Crippen LogP contribution in [0.1, 0.15) is 20.7 Å². The molecule has 0 amide bonds. The largest absolute Gasteiger partial charge is 4.00 e. The van der Waals surface area contributed by atoms with Gasteiger partial charge in [0.15, 0.2) is 0 Å². The van der Waals surface area contributed by atoms with E-state index in [2.05, 4.69) is 35.2 Å². The van der Waals surface area contributed by atoms with Crippen molar-refractivity contribution in [1.29, 1.82) is 10.5 Å². The van der Waals surface area contributed by atoms with Gasteiger partial charge in [-0.05, 0) is 24.3 Å². The van der Waals surface area contributed by atoms with Gasteiger partial charge in [0.2, 0.25) is 0 Å². The van der Waals surface area contributed by atoms with E-state index < -0.39 is 11.9 Å². The number of carbonyl (C=O) groups excluding carboxylic acids is 2. The molecule has 0 fully saturated rings. The molecule has 2 heterocycles. The first-order valence-electron chi connectivity index (χ1n) is 5.78. The monoisotopic (exact) mass is 460 g/mol. The van der Waals surface area contributed by atoms with Crippen molar-refractivity contribution >= 4 is 37.2 Å². The molecule has 0 aliphatic heterocycles. The maximum atomic E-state index is 10.7. The minimum absolute atomic E-state index is 0. The summed E-state index contributed by atoms with van der Waals surface area (Å²) in [7, 11) is 0. The normalized spacial score (nSPS) is 7.76. The molecule has 126 valence electrons. The predicted octanol–water partition coefficient (Wildman–Crippen LogP) is -1.10. The van der Waals surface area contributed by atoms with Crippen LogP contribution in [0.25, 0.3) is 11.4 Å². The summed E-state index contributed by atoms with van der Waals surface area (Å²) in [5, 5.41) is 38.3. The number of carbonyl (C=O) groups is 2. The number of thiocyanates is 2. The van der Waals surface area contributed by atoms with Gasteiger partial charge in [0.25, 0.3) is 0 Å². The molecule has 2 rings (SSSR count). The topological polar surface area (TPSA) is 154 Å². The molecule has 0 aromatic carbocycles. The first kappa shape index (κ1) is 24.5. The number of hydrogen-bond acceptors (Lipinski definition) is 10. The van der Waals surface area contributed by atoms with Crippen LogP contribution in [0.4, 0.5) is 0 Å². The zero-order chi connectivity index (χ0) is 18.5. The Morgan fingerprint density at radius 2 is 1.16 bits per heavy atom. The third-order valence-electron chi connectivity index (χ3n) is 2.25. The molecule has 0 atom stereocenters. The van der Waals surface area contributed by atoms with Gasteiger partial charge >= 0.3 is 19.5 Å². The fraction of sp³-hybridized carbons (Fsp3) is 0. The summed E-state index contributed by atoms with van der Waals surface area (Å²) < 4.78 is 0. The fourth-order valence-electron chi connectivity index (χ4n) is 1.40. The second kappa shape index (κ2) is 13.7. The Kier molecular flexibility index (Phi) is 13.4. The molecule has 0 radical (unpaired) electrons. The van der Waals surface area contributed by atoms with Crippen LogP contribution < -0.4 is 10.2 Å². The molecule has 11 heteroatoms. The van der Waals surface area contributed by atoms with Crippen LogP contribution in [0.2, 0.25) is 0 Å². The summed E-state index contributed by atoms with van der Waals surface area (Å²) >= 11 is 7.40. The Hall–Kier alpha value is -2.72. The van der Waals surface area contributed by atoms with Crippen LogP contribution in [0.3, 0.4) is 0 Å². The van der Waals surface area contributed by atoms with E-state index in [-0.39, 0.29) is 42.0 Å². The Balaban J connectivity index is 0. The van der Waals surface area contributed by atoms with Crippen LogP contribution in [-0.2, 0) is 44.7 Å². The van der Waals surface area contributed by atoms with Gasteiger partial charge in [-0.3, -0.25) is 9.97 Å². The van der Waals surface area contributed by atoms with Crippen molar-refractivity contribution in [2.24, 2.45) is 0 Å². The average Bonchev–Trinajstić information content (AvgIpc) is 2.56.